The highest BCUT2D eigenvalue weighted by molar-refractivity contribution is 5.23. The van der Waals surface area contributed by atoms with Crippen molar-refractivity contribution >= 4 is 0 Å². The Kier molecular flexibility index (Phi) is 5.45. The lowest BCUT2D eigenvalue weighted by Crippen LogP contribution is -1.98. The Hall–Kier alpha value is -1.25. The molecule has 0 amide bonds. The molecule has 1 unspecified atom stereocenters. The zero-order valence-electron chi connectivity index (χ0n) is 11.1. The molecule has 18 heavy (non-hydrogen) atoms. The van der Waals surface area contributed by atoms with Crippen LogP contribution in [0.4, 0.5) is 13.2 Å². The molecule has 0 heterocycles. The van der Waals surface area contributed by atoms with Crippen molar-refractivity contribution in [2.24, 2.45) is 5.92 Å². The summed E-state index contributed by atoms with van der Waals surface area (Å²) in [6.45, 7) is 5.17. The maximum absolute atomic E-state index is 12.6. The average Bonchev–Trinajstić information content (AvgIpc) is 2.26. The van der Waals surface area contributed by atoms with Crippen molar-refractivity contribution in [1.82, 2.24) is 0 Å². The summed E-state index contributed by atoms with van der Waals surface area (Å²) in [5, 5.41) is 0. The molecule has 0 nitrogen and oxygen atoms in total. The molecule has 1 aromatic rings. The first-order chi connectivity index (χ1) is 8.40. The molecule has 0 radical (unpaired) electrons. The summed E-state index contributed by atoms with van der Waals surface area (Å²) >= 11 is 0. The number of halogens is 3. The summed E-state index contributed by atoms with van der Waals surface area (Å²) in [4.78, 5) is 0. The molecule has 0 fully saturated rings. The molecule has 1 aliphatic carbocycles. The molecule has 100 valence electrons. The van der Waals surface area contributed by atoms with Crippen LogP contribution in [0.1, 0.15) is 37.3 Å². The molecule has 3 heteroatoms. The standard InChI is InChI=1S/C8H8F2.C7H11F/c1-5-3-7(9)6(2)8(10)4-5;1-6-3-2-4-7(8)5-6/h3-4H,1-2H3;4,6H,2-3,5H2,1H3. The average molecular weight is 256 g/mol. The third-order valence-electron chi connectivity index (χ3n) is 2.99. The molecule has 1 aliphatic rings. The van der Waals surface area contributed by atoms with Gasteiger partial charge in [0.15, 0.2) is 0 Å². The van der Waals surface area contributed by atoms with E-state index in [4.69, 9.17) is 0 Å². The zero-order chi connectivity index (χ0) is 13.7. The van der Waals surface area contributed by atoms with Gasteiger partial charge in [0.2, 0.25) is 0 Å². The first-order valence-electron chi connectivity index (χ1n) is 6.17. The van der Waals surface area contributed by atoms with E-state index in [1.807, 2.05) is 0 Å². The SMILES string of the molecule is CC1CCC=C(F)C1.Cc1cc(F)c(C)c(F)c1. The van der Waals surface area contributed by atoms with Gasteiger partial charge in [0.05, 0.1) is 5.83 Å². The van der Waals surface area contributed by atoms with Crippen LogP contribution in [-0.4, -0.2) is 0 Å². The van der Waals surface area contributed by atoms with Gasteiger partial charge >= 0.3 is 0 Å². The highest BCUT2D eigenvalue weighted by Gasteiger charge is 2.09. The van der Waals surface area contributed by atoms with Gasteiger partial charge in [0.25, 0.3) is 0 Å². The molecule has 0 saturated carbocycles. The smallest absolute Gasteiger partial charge is 0.129 e. The third-order valence-corrected chi connectivity index (χ3v) is 2.99. The predicted molar refractivity (Wildman–Crippen MR) is 68.0 cm³/mol. The van der Waals surface area contributed by atoms with Crippen molar-refractivity contribution in [1.29, 1.82) is 0 Å². The molecule has 0 N–H and O–H groups in total. The van der Waals surface area contributed by atoms with Crippen molar-refractivity contribution in [3.8, 4) is 0 Å². The summed E-state index contributed by atoms with van der Waals surface area (Å²) in [5.41, 5.74) is 0.700. The van der Waals surface area contributed by atoms with E-state index in [2.05, 4.69) is 6.92 Å². The lowest BCUT2D eigenvalue weighted by Gasteiger charge is -2.12. The Bertz CT molecular complexity index is 412. The highest BCUT2D eigenvalue weighted by Crippen LogP contribution is 2.23. The van der Waals surface area contributed by atoms with Gasteiger partial charge in [-0.15, -0.1) is 0 Å². The van der Waals surface area contributed by atoms with Crippen LogP contribution < -0.4 is 0 Å². The number of aryl methyl sites for hydroxylation is 1. The van der Waals surface area contributed by atoms with Gasteiger partial charge in [0, 0.05) is 12.0 Å². The maximum Gasteiger partial charge on any atom is 0.129 e. The van der Waals surface area contributed by atoms with E-state index in [0.717, 1.165) is 12.8 Å². The van der Waals surface area contributed by atoms with Crippen LogP contribution in [0.25, 0.3) is 0 Å². The van der Waals surface area contributed by atoms with E-state index >= 15 is 0 Å². The summed E-state index contributed by atoms with van der Waals surface area (Å²) in [5.74, 6) is -0.293. The van der Waals surface area contributed by atoms with Gasteiger partial charge < -0.3 is 0 Å². The molecular weight excluding hydrogens is 237 g/mol. The molecular formula is C15H19F3. The molecule has 1 atom stereocenters. The second-order valence-corrected chi connectivity index (χ2v) is 4.89. The molecule has 0 saturated heterocycles. The molecule has 2 rings (SSSR count). The van der Waals surface area contributed by atoms with Crippen molar-refractivity contribution in [2.45, 2.75) is 40.0 Å². The fourth-order valence-electron chi connectivity index (χ4n) is 1.81. The minimum absolute atomic E-state index is 0.0868. The normalized spacial score (nSPS) is 18.8. The number of hydrogen-bond donors (Lipinski definition) is 0. The summed E-state index contributed by atoms with van der Waals surface area (Å²) in [7, 11) is 0. The van der Waals surface area contributed by atoms with Crippen molar-refractivity contribution in [3.63, 3.8) is 0 Å². The van der Waals surface area contributed by atoms with Gasteiger partial charge in [-0.2, -0.15) is 0 Å². The second-order valence-electron chi connectivity index (χ2n) is 4.89. The number of hydrogen-bond acceptors (Lipinski definition) is 0. The Balaban J connectivity index is 0.000000184. The topological polar surface area (TPSA) is 0 Å². The minimum atomic E-state index is -0.475. The van der Waals surface area contributed by atoms with E-state index in [1.165, 1.54) is 19.1 Å². The Morgan fingerprint density at radius 3 is 2.00 bits per heavy atom. The number of allylic oxidation sites excluding steroid dienone is 2. The van der Waals surface area contributed by atoms with Crippen LogP contribution in [0.3, 0.4) is 0 Å². The second kappa shape index (κ2) is 6.62. The van der Waals surface area contributed by atoms with E-state index in [-0.39, 0.29) is 11.4 Å². The molecule has 0 bridgehead atoms. The highest BCUT2D eigenvalue weighted by atomic mass is 19.1. The Morgan fingerprint density at radius 2 is 1.61 bits per heavy atom. The van der Waals surface area contributed by atoms with Crippen LogP contribution in [-0.2, 0) is 0 Å². The summed E-state index contributed by atoms with van der Waals surface area (Å²) in [6, 6.07) is 2.64. The molecule has 0 aliphatic heterocycles. The largest absolute Gasteiger partial charge is 0.212 e. The first kappa shape index (κ1) is 14.8. The third kappa shape index (κ3) is 4.55. The van der Waals surface area contributed by atoms with Gasteiger partial charge in [-0.3, -0.25) is 0 Å². The fourth-order valence-corrected chi connectivity index (χ4v) is 1.81. The quantitative estimate of drug-likeness (QED) is 0.595. The van der Waals surface area contributed by atoms with Gasteiger partial charge in [0.1, 0.15) is 11.6 Å². The monoisotopic (exact) mass is 256 g/mol. The Labute approximate surface area is 107 Å². The number of benzene rings is 1. The van der Waals surface area contributed by atoms with Crippen LogP contribution in [0.15, 0.2) is 24.0 Å². The van der Waals surface area contributed by atoms with Crippen molar-refractivity contribution in [2.75, 3.05) is 0 Å². The van der Waals surface area contributed by atoms with Crippen LogP contribution in [0.5, 0.6) is 0 Å². The van der Waals surface area contributed by atoms with Gasteiger partial charge in [-0.25, -0.2) is 13.2 Å². The van der Waals surface area contributed by atoms with Crippen molar-refractivity contribution in [3.05, 3.63) is 46.8 Å². The van der Waals surface area contributed by atoms with Crippen LogP contribution >= 0.6 is 0 Å². The van der Waals surface area contributed by atoms with E-state index in [1.54, 1.807) is 13.0 Å². The van der Waals surface area contributed by atoms with E-state index < -0.39 is 11.6 Å². The molecule has 0 aromatic heterocycles. The van der Waals surface area contributed by atoms with E-state index in [9.17, 15) is 13.2 Å². The van der Waals surface area contributed by atoms with E-state index in [0.29, 0.717) is 17.9 Å². The van der Waals surface area contributed by atoms with Crippen LogP contribution in [0, 0.1) is 31.4 Å². The molecule has 0 spiro atoms. The molecule has 1 aromatic carbocycles. The predicted octanol–water partition coefficient (Wildman–Crippen LogP) is 5.24. The fraction of sp³-hybridized carbons (Fsp3) is 0.467. The lowest BCUT2D eigenvalue weighted by molar-refractivity contribution is 0.436. The zero-order valence-corrected chi connectivity index (χ0v) is 11.1. The van der Waals surface area contributed by atoms with Crippen LogP contribution in [0.2, 0.25) is 0 Å². The maximum atomic E-state index is 12.6. The number of rotatable bonds is 0. The minimum Gasteiger partial charge on any atom is -0.212 e. The van der Waals surface area contributed by atoms with Gasteiger partial charge in [-0.05, 0) is 50.3 Å². The van der Waals surface area contributed by atoms with Crippen molar-refractivity contribution < 1.29 is 13.2 Å². The Morgan fingerprint density at radius 1 is 1.06 bits per heavy atom. The van der Waals surface area contributed by atoms with Gasteiger partial charge in [-0.1, -0.05) is 13.0 Å². The summed E-state index contributed by atoms with van der Waals surface area (Å²) in [6.07, 6.45) is 4.46. The lowest BCUT2D eigenvalue weighted by atomic mass is 9.96. The first-order valence-corrected chi connectivity index (χ1v) is 6.17. The summed E-state index contributed by atoms with van der Waals surface area (Å²) < 4.78 is 37.5.